The summed E-state index contributed by atoms with van der Waals surface area (Å²) < 4.78 is 11.9. The van der Waals surface area contributed by atoms with Gasteiger partial charge < -0.3 is 14.5 Å². The van der Waals surface area contributed by atoms with E-state index in [4.69, 9.17) is 9.15 Å². The number of furan rings is 1. The molecule has 108 valence electrons. The summed E-state index contributed by atoms with van der Waals surface area (Å²) in [6.07, 6.45) is 3.42. The second-order valence-electron chi connectivity index (χ2n) is 5.80. The Kier molecular flexibility index (Phi) is 3.57. The highest BCUT2D eigenvalue weighted by molar-refractivity contribution is 5.78. The Labute approximate surface area is 120 Å². The van der Waals surface area contributed by atoms with Crippen LogP contribution in [0.3, 0.4) is 0 Å². The van der Waals surface area contributed by atoms with Crippen LogP contribution in [0.4, 0.5) is 0 Å². The Morgan fingerprint density at radius 3 is 2.75 bits per heavy atom. The average Bonchev–Trinajstić information content (AvgIpc) is 2.79. The maximum atomic E-state index is 6.08. The van der Waals surface area contributed by atoms with E-state index in [1.165, 1.54) is 17.4 Å². The Balaban J connectivity index is 2.00. The van der Waals surface area contributed by atoms with Gasteiger partial charge in [0.2, 0.25) is 0 Å². The van der Waals surface area contributed by atoms with E-state index in [2.05, 4.69) is 43.4 Å². The molecule has 0 spiro atoms. The number of fused-ring (bicyclic) bond motifs is 1. The minimum absolute atomic E-state index is 0.0983. The van der Waals surface area contributed by atoms with Crippen LogP contribution in [0.2, 0.25) is 0 Å². The number of nitrogens with one attached hydrogen (secondary N) is 1. The van der Waals surface area contributed by atoms with Gasteiger partial charge in [0.1, 0.15) is 11.3 Å². The second-order valence-corrected chi connectivity index (χ2v) is 5.80. The highest BCUT2D eigenvalue weighted by Gasteiger charge is 2.46. The molecular formula is C17H23NO2. The topological polar surface area (TPSA) is 34.4 Å². The molecule has 3 rings (SSSR count). The van der Waals surface area contributed by atoms with Crippen LogP contribution in [0.15, 0.2) is 28.7 Å². The number of ether oxygens (including phenoxy) is 1. The molecule has 0 saturated heterocycles. The lowest BCUT2D eigenvalue weighted by molar-refractivity contribution is -0.103. The van der Waals surface area contributed by atoms with Crippen molar-refractivity contribution in [3.05, 3.63) is 35.6 Å². The lowest BCUT2D eigenvalue weighted by atomic mass is 9.73. The Bertz CT molecular complexity index is 593. The number of hydrogen-bond donors (Lipinski definition) is 1. The summed E-state index contributed by atoms with van der Waals surface area (Å²) in [4.78, 5) is 0. The van der Waals surface area contributed by atoms with Crippen molar-refractivity contribution in [3.8, 4) is 0 Å². The van der Waals surface area contributed by atoms with Crippen molar-refractivity contribution >= 4 is 11.0 Å². The molecule has 2 aromatic rings. The number of methoxy groups -OCH3 is 1. The smallest absolute Gasteiger partial charge is 0.134 e. The van der Waals surface area contributed by atoms with Crippen LogP contribution >= 0.6 is 0 Å². The molecule has 1 saturated carbocycles. The van der Waals surface area contributed by atoms with Crippen molar-refractivity contribution in [2.45, 2.75) is 44.8 Å². The predicted molar refractivity (Wildman–Crippen MR) is 81.0 cm³/mol. The van der Waals surface area contributed by atoms with Gasteiger partial charge in [0.05, 0.1) is 11.6 Å². The monoisotopic (exact) mass is 273 g/mol. The van der Waals surface area contributed by atoms with Gasteiger partial charge in [-0.3, -0.25) is 0 Å². The van der Waals surface area contributed by atoms with Crippen LogP contribution in [0.5, 0.6) is 0 Å². The standard InChI is InChI=1S/C17H23NO2/c1-4-18-16(17(19-3)8-5-9-17)15-11-13-10-12(2)6-7-14(13)20-15/h6-7,10-11,16,18H,4-5,8-9H2,1-3H3. The molecule has 1 atom stereocenters. The average molecular weight is 273 g/mol. The van der Waals surface area contributed by atoms with Gasteiger partial charge in [-0.25, -0.2) is 0 Å². The van der Waals surface area contributed by atoms with Crippen molar-refractivity contribution in [2.75, 3.05) is 13.7 Å². The molecule has 1 N–H and O–H groups in total. The summed E-state index contributed by atoms with van der Waals surface area (Å²) in [7, 11) is 1.82. The van der Waals surface area contributed by atoms with Gasteiger partial charge in [0.25, 0.3) is 0 Å². The van der Waals surface area contributed by atoms with Gasteiger partial charge >= 0.3 is 0 Å². The molecule has 0 amide bonds. The zero-order valence-electron chi connectivity index (χ0n) is 12.5. The second kappa shape index (κ2) is 5.23. The normalized spacial score (nSPS) is 18.9. The molecule has 1 aromatic heterocycles. The largest absolute Gasteiger partial charge is 0.459 e. The van der Waals surface area contributed by atoms with E-state index in [0.717, 1.165) is 30.7 Å². The van der Waals surface area contributed by atoms with E-state index < -0.39 is 0 Å². The molecule has 20 heavy (non-hydrogen) atoms. The fraction of sp³-hybridized carbons (Fsp3) is 0.529. The van der Waals surface area contributed by atoms with Crippen LogP contribution in [-0.4, -0.2) is 19.3 Å². The maximum Gasteiger partial charge on any atom is 0.134 e. The van der Waals surface area contributed by atoms with Crippen molar-refractivity contribution < 1.29 is 9.15 Å². The van der Waals surface area contributed by atoms with Crippen LogP contribution in [0.25, 0.3) is 11.0 Å². The Morgan fingerprint density at radius 1 is 1.35 bits per heavy atom. The molecule has 1 aromatic carbocycles. The van der Waals surface area contributed by atoms with Crippen LogP contribution in [0, 0.1) is 6.92 Å². The highest BCUT2D eigenvalue weighted by atomic mass is 16.5. The molecular weight excluding hydrogens is 250 g/mol. The molecule has 0 aliphatic heterocycles. The lowest BCUT2D eigenvalue weighted by Crippen LogP contribution is -2.50. The van der Waals surface area contributed by atoms with E-state index in [1.807, 2.05) is 7.11 Å². The van der Waals surface area contributed by atoms with Crippen LogP contribution in [0.1, 0.15) is 43.6 Å². The number of likely N-dealkylation sites (N-methyl/N-ethyl adjacent to an activating group) is 1. The fourth-order valence-corrected chi connectivity index (χ4v) is 3.21. The first kappa shape index (κ1) is 13.7. The number of hydrogen-bond acceptors (Lipinski definition) is 3. The van der Waals surface area contributed by atoms with Crippen molar-refractivity contribution in [1.82, 2.24) is 5.32 Å². The Morgan fingerprint density at radius 2 is 2.15 bits per heavy atom. The molecule has 1 aliphatic rings. The fourth-order valence-electron chi connectivity index (χ4n) is 3.21. The van der Waals surface area contributed by atoms with Gasteiger partial charge in [0, 0.05) is 12.5 Å². The van der Waals surface area contributed by atoms with Gasteiger partial charge in [0.15, 0.2) is 0 Å². The molecule has 1 unspecified atom stereocenters. The lowest BCUT2D eigenvalue weighted by Gasteiger charge is -2.45. The quantitative estimate of drug-likeness (QED) is 0.895. The first-order valence-corrected chi connectivity index (χ1v) is 7.47. The minimum Gasteiger partial charge on any atom is -0.459 e. The predicted octanol–water partition coefficient (Wildman–Crippen LogP) is 3.96. The molecule has 0 bridgehead atoms. The molecule has 3 heteroatoms. The van der Waals surface area contributed by atoms with Gasteiger partial charge in [-0.1, -0.05) is 18.6 Å². The minimum atomic E-state index is -0.0983. The van der Waals surface area contributed by atoms with Gasteiger partial charge in [-0.05, 0) is 50.9 Å². The van der Waals surface area contributed by atoms with Crippen molar-refractivity contribution in [3.63, 3.8) is 0 Å². The van der Waals surface area contributed by atoms with Crippen molar-refractivity contribution in [2.24, 2.45) is 0 Å². The SMILES string of the molecule is CCNC(c1cc2cc(C)ccc2o1)C1(OC)CCC1. The van der Waals surface area contributed by atoms with E-state index in [0.29, 0.717) is 0 Å². The van der Waals surface area contributed by atoms with Gasteiger partial charge in [-0.2, -0.15) is 0 Å². The zero-order chi connectivity index (χ0) is 14.2. The molecule has 1 fully saturated rings. The third-order valence-corrected chi connectivity index (χ3v) is 4.52. The summed E-state index contributed by atoms with van der Waals surface area (Å²) in [6.45, 7) is 5.14. The molecule has 0 radical (unpaired) electrons. The highest BCUT2D eigenvalue weighted by Crippen LogP contribution is 2.45. The molecule has 1 aliphatic carbocycles. The van der Waals surface area contributed by atoms with Gasteiger partial charge in [-0.15, -0.1) is 0 Å². The first-order chi connectivity index (χ1) is 9.68. The summed E-state index contributed by atoms with van der Waals surface area (Å²) in [5.41, 5.74) is 2.12. The first-order valence-electron chi connectivity index (χ1n) is 7.47. The van der Waals surface area contributed by atoms with Crippen molar-refractivity contribution in [1.29, 1.82) is 0 Å². The summed E-state index contributed by atoms with van der Waals surface area (Å²) >= 11 is 0. The summed E-state index contributed by atoms with van der Waals surface area (Å²) in [6, 6.07) is 8.62. The van der Waals surface area contributed by atoms with Crippen LogP contribution in [-0.2, 0) is 4.74 Å². The van der Waals surface area contributed by atoms with E-state index >= 15 is 0 Å². The van der Waals surface area contributed by atoms with E-state index in [-0.39, 0.29) is 11.6 Å². The number of rotatable bonds is 5. The molecule has 3 nitrogen and oxygen atoms in total. The van der Waals surface area contributed by atoms with E-state index in [9.17, 15) is 0 Å². The number of aryl methyl sites for hydroxylation is 1. The van der Waals surface area contributed by atoms with Crippen LogP contribution < -0.4 is 5.32 Å². The van der Waals surface area contributed by atoms with E-state index in [1.54, 1.807) is 0 Å². The summed E-state index contributed by atoms with van der Waals surface area (Å²) in [5, 5.41) is 4.72. The molecule has 1 heterocycles. The zero-order valence-corrected chi connectivity index (χ0v) is 12.5. The third-order valence-electron chi connectivity index (χ3n) is 4.52. The third kappa shape index (κ3) is 2.15. The number of benzene rings is 1. The maximum absolute atomic E-state index is 6.08. The summed E-state index contributed by atoms with van der Waals surface area (Å²) in [5.74, 6) is 0.994. The Hall–Kier alpha value is -1.32.